The maximum atomic E-state index is 13.5. The highest BCUT2D eigenvalue weighted by molar-refractivity contribution is 5.81. The molecule has 5 nitrogen and oxygen atoms in total. The number of alkyl halides is 3. The number of carbonyl (C=O) groups is 1. The highest BCUT2D eigenvalue weighted by Crippen LogP contribution is 2.43. The van der Waals surface area contributed by atoms with Crippen LogP contribution in [0.15, 0.2) is 6.07 Å². The van der Waals surface area contributed by atoms with Gasteiger partial charge in [-0.1, -0.05) is 6.92 Å². The Morgan fingerprint density at radius 1 is 1.36 bits per heavy atom. The van der Waals surface area contributed by atoms with Crippen molar-refractivity contribution in [2.24, 2.45) is 5.92 Å². The van der Waals surface area contributed by atoms with Crippen LogP contribution in [0, 0.1) is 5.92 Å². The van der Waals surface area contributed by atoms with Gasteiger partial charge < -0.3 is 10.2 Å². The minimum Gasteiger partial charge on any atom is -0.367 e. The quantitative estimate of drug-likeness (QED) is 0.899. The molecule has 1 aliphatic carbocycles. The molecule has 4 rings (SSSR count). The lowest BCUT2D eigenvalue weighted by atomic mass is 10.0. The molecular formula is C17H23F3N4O. The third-order valence-electron chi connectivity index (χ3n) is 5.58. The largest absolute Gasteiger partial charge is 0.410 e. The Kier molecular flexibility index (Phi) is 3.96. The van der Waals surface area contributed by atoms with Gasteiger partial charge in [0.2, 0.25) is 5.91 Å². The summed E-state index contributed by atoms with van der Waals surface area (Å²) in [5, 5.41) is 7.47. The van der Waals surface area contributed by atoms with Crippen molar-refractivity contribution in [3.8, 4) is 0 Å². The second-order valence-corrected chi connectivity index (χ2v) is 7.41. The Bertz CT molecular complexity index is 667. The first kappa shape index (κ1) is 16.7. The molecule has 2 aliphatic heterocycles. The summed E-state index contributed by atoms with van der Waals surface area (Å²) in [6.45, 7) is 2.56. The number of hydrogen-bond donors (Lipinski definition) is 1. The molecule has 1 saturated heterocycles. The van der Waals surface area contributed by atoms with E-state index in [0.717, 1.165) is 30.4 Å². The van der Waals surface area contributed by atoms with Gasteiger partial charge in [-0.25, -0.2) is 4.68 Å². The summed E-state index contributed by atoms with van der Waals surface area (Å²) in [6.07, 6.45) is -0.212. The van der Waals surface area contributed by atoms with Crippen molar-refractivity contribution >= 4 is 11.7 Å². The average Bonchev–Trinajstić information content (AvgIpc) is 3.15. The average molecular weight is 356 g/mol. The Morgan fingerprint density at radius 3 is 2.76 bits per heavy atom. The number of fused-ring (bicyclic) bond motifs is 1. The molecule has 0 spiro atoms. The van der Waals surface area contributed by atoms with Gasteiger partial charge in [0.1, 0.15) is 5.82 Å². The predicted octanol–water partition coefficient (Wildman–Crippen LogP) is 3.65. The molecule has 3 atom stereocenters. The first-order chi connectivity index (χ1) is 11.9. The van der Waals surface area contributed by atoms with Crippen LogP contribution in [0.3, 0.4) is 0 Å². The zero-order chi connectivity index (χ0) is 17.8. The zero-order valence-corrected chi connectivity index (χ0v) is 14.2. The number of nitrogens with zero attached hydrogens (tertiary/aromatic N) is 3. The minimum absolute atomic E-state index is 0.0104. The fourth-order valence-electron chi connectivity index (χ4n) is 4.00. The Balaban J connectivity index is 1.64. The van der Waals surface area contributed by atoms with Crippen molar-refractivity contribution in [1.29, 1.82) is 0 Å². The lowest BCUT2D eigenvalue weighted by Gasteiger charge is -2.32. The van der Waals surface area contributed by atoms with Gasteiger partial charge in [-0.2, -0.15) is 18.3 Å². The van der Waals surface area contributed by atoms with Crippen molar-refractivity contribution in [3.63, 3.8) is 0 Å². The number of hydrogen-bond acceptors (Lipinski definition) is 3. The predicted molar refractivity (Wildman–Crippen MR) is 86.0 cm³/mol. The minimum atomic E-state index is -4.33. The third kappa shape index (κ3) is 3.00. The molecule has 0 aromatic carbocycles. The van der Waals surface area contributed by atoms with E-state index in [0.29, 0.717) is 24.5 Å². The van der Waals surface area contributed by atoms with Gasteiger partial charge in [0.05, 0.1) is 11.7 Å². The number of aromatic nitrogens is 2. The molecule has 1 aromatic heterocycles. The van der Waals surface area contributed by atoms with Crippen molar-refractivity contribution in [2.45, 2.75) is 69.8 Å². The monoisotopic (exact) mass is 356 g/mol. The number of carbonyl (C=O) groups excluding carboxylic acids is 1. The number of rotatable bonds is 3. The maximum absolute atomic E-state index is 13.5. The summed E-state index contributed by atoms with van der Waals surface area (Å²) in [4.78, 5) is 14.3. The second-order valence-electron chi connectivity index (χ2n) is 7.41. The molecule has 0 unspecified atom stereocenters. The molecule has 25 heavy (non-hydrogen) atoms. The smallest absolute Gasteiger partial charge is 0.367 e. The van der Waals surface area contributed by atoms with Gasteiger partial charge in [0.15, 0.2) is 6.04 Å². The summed E-state index contributed by atoms with van der Waals surface area (Å²) >= 11 is 0. The van der Waals surface area contributed by atoms with Gasteiger partial charge in [-0.15, -0.1) is 0 Å². The maximum Gasteiger partial charge on any atom is 0.410 e. The van der Waals surface area contributed by atoms with Crippen molar-refractivity contribution in [1.82, 2.24) is 14.7 Å². The second kappa shape index (κ2) is 5.92. The van der Waals surface area contributed by atoms with E-state index in [2.05, 4.69) is 10.4 Å². The van der Waals surface area contributed by atoms with E-state index >= 15 is 0 Å². The standard InChI is InChI=1S/C17H23F3N4O/c1-2-11-8-14(17(18,19)20)24-15(21-11)9-12(22-24)13-4-3-7-23(13)16(25)10-5-6-10/h9-11,13-14,21H,2-8H2,1H3/t11-,13+,14-/m1/s1. The van der Waals surface area contributed by atoms with Gasteiger partial charge >= 0.3 is 6.18 Å². The molecule has 1 amide bonds. The lowest BCUT2D eigenvalue weighted by Crippen LogP contribution is -2.39. The number of anilines is 1. The Hall–Kier alpha value is -1.73. The molecule has 1 N–H and O–H groups in total. The van der Waals surface area contributed by atoms with Gasteiger partial charge in [0, 0.05) is 24.6 Å². The van der Waals surface area contributed by atoms with Crippen LogP contribution in [0.1, 0.15) is 63.2 Å². The van der Waals surface area contributed by atoms with Crippen LogP contribution in [0.5, 0.6) is 0 Å². The first-order valence-corrected chi connectivity index (χ1v) is 9.11. The van der Waals surface area contributed by atoms with Crippen molar-refractivity contribution in [3.05, 3.63) is 11.8 Å². The van der Waals surface area contributed by atoms with E-state index in [-0.39, 0.29) is 30.3 Å². The van der Waals surface area contributed by atoms with E-state index in [1.54, 1.807) is 6.07 Å². The summed E-state index contributed by atoms with van der Waals surface area (Å²) in [7, 11) is 0. The molecule has 138 valence electrons. The van der Waals surface area contributed by atoms with Gasteiger partial charge in [0.25, 0.3) is 0 Å². The Morgan fingerprint density at radius 2 is 2.12 bits per heavy atom. The molecule has 2 fully saturated rings. The summed E-state index contributed by atoms with van der Waals surface area (Å²) in [5.74, 6) is 0.671. The van der Waals surface area contributed by atoms with Crippen LogP contribution in [0.25, 0.3) is 0 Å². The number of amides is 1. The SMILES string of the molecule is CC[C@@H]1C[C@H](C(F)(F)F)n2nc([C@@H]3CCCN3C(=O)C3CC3)cc2N1. The van der Waals surface area contributed by atoms with E-state index in [4.69, 9.17) is 0 Å². The van der Waals surface area contributed by atoms with E-state index in [9.17, 15) is 18.0 Å². The van der Waals surface area contributed by atoms with Crippen molar-refractivity contribution in [2.75, 3.05) is 11.9 Å². The van der Waals surface area contributed by atoms with E-state index < -0.39 is 12.2 Å². The van der Waals surface area contributed by atoms with Crippen LogP contribution in [-0.2, 0) is 4.79 Å². The van der Waals surface area contributed by atoms with E-state index in [1.165, 1.54) is 0 Å². The third-order valence-corrected chi connectivity index (χ3v) is 5.58. The zero-order valence-electron chi connectivity index (χ0n) is 14.2. The fourth-order valence-corrected chi connectivity index (χ4v) is 4.00. The summed E-state index contributed by atoms with van der Waals surface area (Å²) < 4.78 is 41.5. The number of nitrogens with one attached hydrogen (secondary N) is 1. The van der Waals surface area contributed by atoms with Gasteiger partial charge in [-0.05, 0) is 38.5 Å². The molecule has 3 aliphatic rings. The molecule has 8 heteroatoms. The van der Waals surface area contributed by atoms with E-state index in [1.807, 2.05) is 11.8 Å². The Labute approximate surface area is 144 Å². The first-order valence-electron chi connectivity index (χ1n) is 9.11. The molecule has 0 bridgehead atoms. The highest BCUT2D eigenvalue weighted by atomic mass is 19.4. The number of halogens is 3. The molecule has 1 saturated carbocycles. The summed E-state index contributed by atoms with van der Waals surface area (Å²) in [5.41, 5.74) is 0.583. The molecule has 3 heterocycles. The molecule has 1 aromatic rings. The van der Waals surface area contributed by atoms with Crippen LogP contribution in [0.4, 0.5) is 19.0 Å². The molecular weight excluding hydrogens is 333 g/mol. The normalized spacial score (nSPS) is 29.4. The fraction of sp³-hybridized carbons (Fsp3) is 0.765. The lowest BCUT2D eigenvalue weighted by molar-refractivity contribution is -0.173. The van der Waals surface area contributed by atoms with Gasteiger partial charge in [-0.3, -0.25) is 4.79 Å². The highest BCUT2D eigenvalue weighted by Gasteiger charge is 2.47. The number of likely N-dealkylation sites (tertiary alicyclic amines) is 1. The van der Waals surface area contributed by atoms with Crippen LogP contribution in [0.2, 0.25) is 0 Å². The van der Waals surface area contributed by atoms with Crippen molar-refractivity contribution < 1.29 is 18.0 Å². The van der Waals surface area contributed by atoms with Crippen LogP contribution in [-0.4, -0.2) is 39.4 Å². The topological polar surface area (TPSA) is 50.2 Å². The molecule has 0 radical (unpaired) electrons. The van der Waals surface area contributed by atoms with Crippen LogP contribution < -0.4 is 5.32 Å². The summed E-state index contributed by atoms with van der Waals surface area (Å²) in [6, 6.07) is -0.293. The van der Waals surface area contributed by atoms with Crippen LogP contribution >= 0.6 is 0 Å².